The molecule has 0 radical (unpaired) electrons. The van der Waals surface area contributed by atoms with E-state index in [1.54, 1.807) is 0 Å². The van der Waals surface area contributed by atoms with Gasteiger partial charge in [0, 0.05) is 22.1 Å². The van der Waals surface area contributed by atoms with Crippen LogP contribution < -0.4 is 0 Å². The lowest BCUT2D eigenvalue weighted by Crippen LogP contribution is -2.14. The zero-order valence-corrected chi connectivity index (χ0v) is 33.0. The molecule has 0 amide bonds. The topological polar surface area (TPSA) is 25.8 Å². The van der Waals surface area contributed by atoms with Gasteiger partial charge in [-0.1, -0.05) is 196 Å². The first-order chi connectivity index (χ1) is 29.0. The van der Waals surface area contributed by atoms with Crippen LogP contribution in [-0.4, -0.2) is 9.97 Å². The van der Waals surface area contributed by atoms with Crippen molar-refractivity contribution >= 4 is 21.5 Å². The molecular weight excluding hydrogens is 713 g/mol. The lowest BCUT2D eigenvalue weighted by molar-refractivity contribution is 0.660. The SMILES string of the molecule is CC1(C)c2ccccc2-c2ccc(-c3cccc(-c4ccc(-c5cc(-c6ccccc6-c6ccc7ccccc7c6)nc(-c6ccccc6)n5)c5ccccc45)c3)cc21. The summed E-state index contributed by atoms with van der Waals surface area (Å²) in [5.41, 5.74) is 17.4. The van der Waals surface area contributed by atoms with Crippen molar-refractivity contribution in [3.05, 3.63) is 217 Å². The van der Waals surface area contributed by atoms with Crippen molar-refractivity contribution in [2.45, 2.75) is 19.3 Å². The van der Waals surface area contributed by atoms with Gasteiger partial charge in [-0.25, -0.2) is 9.97 Å². The molecule has 0 unspecified atom stereocenters. The monoisotopic (exact) mass is 752 g/mol. The van der Waals surface area contributed by atoms with Gasteiger partial charge in [-0.2, -0.15) is 0 Å². The fourth-order valence-electron chi connectivity index (χ4n) is 9.28. The van der Waals surface area contributed by atoms with Crippen molar-refractivity contribution in [3.63, 3.8) is 0 Å². The Kier molecular flexibility index (Phi) is 8.20. The molecule has 0 N–H and O–H groups in total. The summed E-state index contributed by atoms with van der Waals surface area (Å²) in [5.74, 6) is 0.702. The predicted octanol–water partition coefficient (Wildman–Crippen LogP) is 15.1. The standard InChI is InChI=1S/C57H40N2/c1-57(2)52-26-13-12-24-48(52)49-30-29-41(35-53(49)57)40-19-14-20-42(34-40)45-31-32-51(47-23-10-9-22-46(45)47)55-36-54(58-56(59-55)38-16-4-3-5-17-38)50-25-11-8-21-44(50)43-28-27-37-15-6-7-18-39(37)33-43/h3-36H,1-2H3. The first kappa shape index (κ1) is 34.8. The van der Waals surface area contributed by atoms with Crippen molar-refractivity contribution in [2.75, 3.05) is 0 Å². The number of hydrogen-bond donors (Lipinski definition) is 0. The van der Waals surface area contributed by atoms with Crippen LogP contribution in [0.1, 0.15) is 25.0 Å². The third kappa shape index (κ3) is 5.96. The molecule has 1 aromatic heterocycles. The van der Waals surface area contributed by atoms with Crippen LogP contribution in [-0.2, 0) is 5.41 Å². The minimum absolute atomic E-state index is 0.0503. The summed E-state index contributed by atoms with van der Waals surface area (Å²) in [5, 5.41) is 4.78. The second-order valence-corrected chi connectivity index (χ2v) is 16.2. The van der Waals surface area contributed by atoms with Crippen LogP contribution in [0, 0.1) is 0 Å². The largest absolute Gasteiger partial charge is 0.228 e. The molecule has 0 bridgehead atoms. The molecule has 0 atom stereocenters. The number of aromatic nitrogens is 2. The van der Waals surface area contributed by atoms with Crippen LogP contribution in [0.5, 0.6) is 0 Å². The number of rotatable bonds is 6. The van der Waals surface area contributed by atoms with Crippen LogP contribution in [0.3, 0.4) is 0 Å². The van der Waals surface area contributed by atoms with Crippen LogP contribution in [0.15, 0.2) is 206 Å². The van der Waals surface area contributed by atoms with Gasteiger partial charge in [-0.05, 0) is 101 Å². The van der Waals surface area contributed by atoms with E-state index in [1.807, 2.05) is 6.07 Å². The Morgan fingerprint density at radius 1 is 0.305 bits per heavy atom. The molecule has 278 valence electrons. The van der Waals surface area contributed by atoms with E-state index in [0.29, 0.717) is 5.82 Å². The van der Waals surface area contributed by atoms with Gasteiger partial charge in [0.05, 0.1) is 11.4 Å². The highest BCUT2D eigenvalue weighted by Crippen LogP contribution is 2.50. The normalized spacial score (nSPS) is 12.7. The molecule has 59 heavy (non-hydrogen) atoms. The molecule has 2 heteroatoms. The summed E-state index contributed by atoms with van der Waals surface area (Å²) in [6.07, 6.45) is 0. The summed E-state index contributed by atoms with van der Waals surface area (Å²) in [6.45, 7) is 4.69. The quantitative estimate of drug-likeness (QED) is 0.169. The zero-order chi connectivity index (χ0) is 39.5. The van der Waals surface area contributed by atoms with E-state index in [4.69, 9.17) is 9.97 Å². The number of hydrogen-bond acceptors (Lipinski definition) is 2. The Bertz CT molecular complexity index is 3250. The summed E-state index contributed by atoms with van der Waals surface area (Å²) in [4.78, 5) is 10.6. The van der Waals surface area contributed by atoms with Crippen LogP contribution in [0.2, 0.25) is 0 Å². The molecule has 11 rings (SSSR count). The maximum absolute atomic E-state index is 5.29. The van der Waals surface area contributed by atoms with E-state index in [9.17, 15) is 0 Å². The van der Waals surface area contributed by atoms with Crippen LogP contribution in [0.25, 0.3) is 100.0 Å². The Morgan fingerprint density at radius 2 is 0.847 bits per heavy atom. The number of nitrogens with zero attached hydrogens (tertiary/aromatic N) is 2. The number of benzene rings is 9. The first-order valence-corrected chi connectivity index (χ1v) is 20.4. The van der Waals surface area contributed by atoms with Crippen molar-refractivity contribution in [2.24, 2.45) is 0 Å². The fourth-order valence-corrected chi connectivity index (χ4v) is 9.28. The highest BCUT2D eigenvalue weighted by molar-refractivity contribution is 6.05. The smallest absolute Gasteiger partial charge is 0.160 e. The van der Waals surface area contributed by atoms with Gasteiger partial charge in [0.1, 0.15) is 0 Å². The number of fused-ring (bicyclic) bond motifs is 5. The lowest BCUT2D eigenvalue weighted by Gasteiger charge is -2.22. The van der Waals surface area contributed by atoms with Gasteiger partial charge < -0.3 is 0 Å². The van der Waals surface area contributed by atoms with Gasteiger partial charge in [-0.15, -0.1) is 0 Å². The highest BCUT2D eigenvalue weighted by Gasteiger charge is 2.35. The Labute approximate surface area is 345 Å². The van der Waals surface area contributed by atoms with Gasteiger partial charge in [-0.3, -0.25) is 0 Å². The average Bonchev–Trinajstić information content (AvgIpc) is 3.53. The van der Waals surface area contributed by atoms with E-state index in [-0.39, 0.29) is 5.41 Å². The molecule has 1 heterocycles. The van der Waals surface area contributed by atoms with Gasteiger partial charge >= 0.3 is 0 Å². The maximum Gasteiger partial charge on any atom is 0.160 e. The third-order valence-electron chi connectivity index (χ3n) is 12.3. The average molecular weight is 753 g/mol. The minimum Gasteiger partial charge on any atom is -0.228 e. The second-order valence-electron chi connectivity index (χ2n) is 16.2. The van der Waals surface area contributed by atoms with E-state index in [1.165, 1.54) is 60.7 Å². The van der Waals surface area contributed by atoms with E-state index in [2.05, 4.69) is 214 Å². The highest BCUT2D eigenvalue weighted by atomic mass is 14.9. The van der Waals surface area contributed by atoms with Crippen molar-refractivity contribution in [3.8, 4) is 78.4 Å². The Morgan fingerprint density at radius 3 is 1.68 bits per heavy atom. The molecule has 0 aliphatic heterocycles. The summed E-state index contributed by atoms with van der Waals surface area (Å²) >= 11 is 0. The van der Waals surface area contributed by atoms with Crippen molar-refractivity contribution in [1.82, 2.24) is 9.97 Å². The van der Waals surface area contributed by atoms with E-state index >= 15 is 0 Å². The van der Waals surface area contributed by atoms with Gasteiger partial charge in [0.2, 0.25) is 0 Å². The first-order valence-electron chi connectivity index (χ1n) is 20.4. The molecule has 2 nitrogen and oxygen atoms in total. The van der Waals surface area contributed by atoms with E-state index in [0.717, 1.165) is 44.6 Å². The van der Waals surface area contributed by atoms with Crippen LogP contribution in [0.4, 0.5) is 0 Å². The van der Waals surface area contributed by atoms with Gasteiger partial charge in [0.15, 0.2) is 5.82 Å². The molecule has 0 saturated carbocycles. The molecule has 0 spiro atoms. The Hall–Kier alpha value is -7.42. The van der Waals surface area contributed by atoms with Crippen molar-refractivity contribution in [1.29, 1.82) is 0 Å². The molecule has 10 aromatic rings. The molecule has 0 saturated heterocycles. The molecule has 1 aliphatic rings. The third-order valence-corrected chi connectivity index (χ3v) is 12.3. The molecular formula is C57H40N2. The minimum atomic E-state index is -0.0503. The second kappa shape index (κ2) is 13.9. The van der Waals surface area contributed by atoms with Crippen molar-refractivity contribution < 1.29 is 0 Å². The van der Waals surface area contributed by atoms with E-state index < -0.39 is 0 Å². The fraction of sp³-hybridized carbons (Fsp3) is 0.0526. The Balaban J connectivity index is 1.03. The zero-order valence-electron chi connectivity index (χ0n) is 33.0. The lowest BCUT2D eigenvalue weighted by atomic mass is 9.81. The molecule has 0 fully saturated rings. The maximum atomic E-state index is 5.29. The summed E-state index contributed by atoms with van der Waals surface area (Å²) in [7, 11) is 0. The summed E-state index contributed by atoms with van der Waals surface area (Å²) in [6, 6.07) is 74.4. The predicted molar refractivity (Wildman–Crippen MR) is 247 cm³/mol. The molecule has 9 aromatic carbocycles. The van der Waals surface area contributed by atoms with Crippen LogP contribution >= 0.6 is 0 Å². The summed E-state index contributed by atoms with van der Waals surface area (Å²) < 4.78 is 0. The van der Waals surface area contributed by atoms with Gasteiger partial charge in [0.25, 0.3) is 0 Å². The molecule has 1 aliphatic carbocycles.